The van der Waals surface area contributed by atoms with Crippen LogP contribution in [0.1, 0.15) is 140 Å². The summed E-state index contributed by atoms with van der Waals surface area (Å²) in [5.41, 5.74) is 0.184. The summed E-state index contributed by atoms with van der Waals surface area (Å²) < 4.78 is 22.9. The Labute approximate surface area is 482 Å². The molecule has 1 aromatic carbocycles. The van der Waals surface area contributed by atoms with E-state index in [0.29, 0.717) is 41.3 Å². The fourth-order valence-corrected chi connectivity index (χ4v) is 13.0. The number of likely N-dealkylation sites (N-methyl/N-ethyl adjacent to an activating group) is 1. The molecule has 0 aliphatic carbocycles. The molecule has 0 radical (unpaired) electrons. The summed E-state index contributed by atoms with van der Waals surface area (Å²) in [5, 5.41) is 6.95. The fourth-order valence-electron chi connectivity index (χ4n) is 9.45. The molecule has 5 rings (SSSR count). The number of benzene rings is 1. The zero-order chi connectivity index (χ0) is 59.0. The molecule has 3 aliphatic heterocycles. The van der Waals surface area contributed by atoms with Gasteiger partial charge < -0.3 is 34.5 Å². The molecule has 3 aliphatic rings. The first-order valence-electron chi connectivity index (χ1n) is 27.5. The summed E-state index contributed by atoms with van der Waals surface area (Å²) in [7, 11) is 5.40. The maximum atomic E-state index is 14.4. The molecule has 4 heterocycles. The van der Waals surface area contributed by atoms with Crippen molar-refractivity contribution in [1.29, 1.82) is 0 Å². The number of carbonyl (C=O) groups is 10. The van der Waals surface area contributed by atoms with Crippen molar-refractivity contribution in [3.8, 4) is 5.75 Å². The van der Waals surface area contributed by atoms with Gasteiger partial charge in [-0.05, 0) is 70.3 Å². The van der Waals surface area contributed by atoms with Gasteiger partial charge in [-0.1, -0.05) is 53.5 Å². The number of imide groups is 2. The molecule has 21 nitrogen and oxygen atoms in total. The Kier molecular flexibility index (Phi) is 25.1. The number of amides is 7. The van der Waals surface area contributed by atoms with Gasteiger partial charge in [-0.3, -0.25) is 62.6 Å². The Balaban J connectivity index is 1.29. The fraction of sp³-hybridized carbons (Fsp3) is 0.661. The molecule has 80 heavy (non-hydrogen) atoms. The van der Waals surface area contributed by atoms with E-state index in [1.807, 2.05) is 67.5 Å². The number of esters is 2. The minimum absolute atomic E-state index is 0.00386. The minimum atomic E-state index is -0.895. The molecule has 2 unspecified atom stereocenters. The maximum absolute atomic E-state index is 14.4. The first-order chi connectivity index (χ1) is 37.9. The van der Waals surface area contributed by atoms with E-state index < -0.39 is 63.9 Å². The van der Waals surface area contributed by atoms with E-state index in [1.165, 1.54) is 30.4 Å². The lowest BCUT2D eigenvalue weighted by Gasteiger charge is -2.38. The molecule has 7 amide bonds. The molecule has 2 fully saturated rings. The van der Waals surface area contributed by atoms with Gasteiger partial charge in [0.1, 0.15) is 10.7 Å². The van der Waals surface area contributed by atoms with Gasteiger partial charge in [0.15, 0.2) is 17.6 Å². The monoisotopic (exact) mass is 1170 g/mol. The molecule has 1 aromatic heterocycles. The van der Waals surface area contributed by atoms with Crippen LogP contribution in [0.2, 0.25) is 0 Å². The average Bonchev–Trinajstić information content (AvgIpc) is 4.10. The van der Waals surface area contributed by atoms with Crippen molar-refractivity contribution < 1.29 is 66.9 Å². The Morgan fingerprint density at radius 3 is 2.06 bits per heavy atom. The minimum Gasteiger partial charge on any atom is -0.455 e. The number of nitrogens with zero attached hydrogens (tertiary/aromatic N) is 5. The van der Waals surface area contributed by atoms with Gasteiger partial charge in [0.25, 0.3) is 5.91 Å². The number of anilines is 1. The maximum Gasteiger partial charge on any atom is 0.313 e. The van der Waals surface area contributed by atoms with Gasteiger partial charge in [-0.2, -0.15) is 0 Å². The van der Waals surface area contributed by atoms with Gasteiger partial charge in [0.2, 0.25) is 35.4 Å². The van der Waals surface area contributed by atoms with Crippen LogP contribution < -0.4 is 15.4 Å². The molecular formula is C56H81N7O14S3. The van der Waals surface area contributed by atoms with Crippen molar-refractivity contribution >= 4 is 99.6 Å². The van der Waals surface area contributed by atoms with Crippen molar-refractivity contribution in [3.63, 3.8) is 0 Å². The first kappa shape index (κ1) is 65.5. The van der Waals surface area contributed by atoms with Crippen LogP contribution in [0.5, 0.6) is 5.75 Å². The number of fused-ring (bicyclic) bond motifs is 5. The van der Waals surface area contributed by atoms with Crippen LogP contribution in [-0.2, 0) is 63.8 Å². The van der Waals surface area contributed by atoms with Gasteiger partial charge in [0.05, 0.1) is 74.1 Å². The quantitative estimate of drug-likeness (QED) is 0.0918. The van der Waals surface area contributed by atoms with E-state index in [1.54, 1.807) is 35.5 Å². The highest BCUT2D eigenvalue weighted by atomic mass is 32.2. The number of thioether (sulfide) groups is 2. The summed E-state index contributed by atoms with van der Waals surface area (Å²) in [4.78, 5) is 143. The van der Waals surface area contributed by atoms with E-state index in [0.717, 1.165) is 21.1 Å². The van der Waals surface area contributed by atoms with Crippen LogP contribution in [0, 0.1) is 17.8 Å². The molecule has 24 heteroatoms. The highest BCUT2D eigenvalue weighted by Crippen LogP contribution is 2.35. The van der Waals surface area contributed by atoms with Crippen molar-refractivity contribution in [2.24, 2.45) is 17.8 Å². The summed E-state index contributed by atoms with van der Waals surface area (Å²) in [6, 6.07) is 4.05. The van der Waals surface area contributed by atoms with Gasteiger partial charge >= 0.3 is 11.9 Å². The van der Waals surface area contributed by atoms with Crippen molar-refractivity contribution in [3.05, 3.63) is 39.8 Å². The number of ether oxygens (including phenoxy) is 4. The molecule has 0 spiro atoms. The summed E-state index contributed by atoms with van der Waals surface area (Å²) in [6.07, 6.45) is 1.31. The van der Waals surface area contributed by atoms with E-state index in [-0.39, 0.29) is 142 Å². The Morgan fingerprint density at radius 1 is 0.887 bits per heavy atom. The van der Waals surface area contributed by atoms with Gasteiger partial charge in [-0.25, -0.2) is 4.98 Å². The standard InChI is InChI=1S/C56H81N7O14S3/c1-12-14-37(57-51(70)40-31-78-52(59-40)43(76-35(6)64)28-41(33(3)4)61(11)53(71)38(34(5)13-2)27-46(65)56(7,8)60(9)10)25-36-15-16-42-39(26-36)58-47(66)17-21-74-23-19-62-48(67)29-44(54(62)72)79-32-80-45-30-49(68)63(55(45)73)20-24-75-22-18-50(69)77-42/h15-16,26,31,33-34,37-38,41,43-45H,12-14,17-25,27-30,32H2,1-11H3,(H,57,70)(H,58,66)/t34-,37+,38-,41+,43+,44?,45?/m0/s1. The number of ketones is 1. The SMILES string of the molecule is CCC[C@H](Cc1ccc2c(c1)NC(=O)CCOCCN1C(=O)CC(SCSC3CC(=O)N(CCOCCC(=O)O2)C3=O)C1=O)NC(=O)c1csc([C@@H](C[C@H](C(C)C)N(C)C(=O)[C@@H](CC(=O)C(C)(C)N(C)C)[C@@H](C)CC)OC(C)=O)n1. The predicted octanol–water partition coefficient (Wildman–Crippen LogP) is 6.07. The zero-order valence-electron chi connectivity index (χ0n) is 48.1. The topological polar surface area (TPSA) is 258 Å². The van der Waals surface area contributed by atoms with Gasteiger partial charge in [0, 0.05) is 68.1 Å². The highest BCUT2D eigenvalue weighted by Gasteiger charge is 2.42. The van der Waals surface area contributed by atoms with Crippen molar-refractivity contribution in [2.45, 2.75) is 154 Å². The molecule has 442 valence electrons. The van der Waals surface area contributed by atoms with Gasteiger partial charge in [-0.15, -0.1) is 34.9 Å². The second kappa shape index (κ2) is 30.7. The number of carbonyl (C=O) groups excluding carboxylic acids is 10. The highest BCUT2D eigenvalue weighted by molar-refractivity contribution is 8.17. The largest absolute Gasteiger partial charge is 0.455 e. The summed E-state index contributed by atoms with van der Waals surface area (Å²) >= 11 is 3.65. The van der Waals surface area contributed by atoms with Crippen LogP contribution in [0.25, 0.3) is 0 Å². The summed E-state index contributed by atoms with van der Waals surface area (Å²) in [6.45, 7) is 14.7. The summed E-state index contributed by atoms with van der Waals surface area (Å²) in [5.74, 6) is -4.51. The van der Waals surface area contributed by atoms with Crippen LogP contribution in [0.15, 0.2) is 23.6 Å². The average molecular weight is 1170 g/mol. The third-order valence-electron chi connectivity index (χ3n) is 15.0. The van der Waals surface area contributed by atoms with Crippen LogP contribution in [-0.4, -0.2) is 178 Å². The predicted molar refractivity (Wildman–Crippen MR) is 305 cm³/mol. The number of hydrogen-bond donors (Lipinski definition) is 2. The molecule has 2 saturated heterocycles. The molecule has 7 atom stereocenters. The lowest BCUT2D eigenvalue weighted by molar-refractivity contribution is -0.150. The second-order valence-electron chi connectivity index (χ2n) is 21.6. The molecular weight excluding hydrogens is 1090 g/mol. The van der Waals surface area contributed by atoms with Crippen LogP contribution >= 0.6 is 34.9 Å². The molecule has 2 N–H and O–H groups in total. The first-order valence-corrected chi connectivity index (χ1v) is 30.5. The van der Waals surface area contributed by atoms with Crippen LogP contribution in [0.4, 0.5) is 5.69 Å². The van der Waals surface area contributed by atoms with Crippen molar-refractivity contribution in [1.82, 2.24) is 29.9 Å². The van der Waals surface area contributed by atoms with Crippen LogP contribution in [0.3, 0.4) is 0 Å². The lowest BCUT2D eigenvalue weighted by Crippen LogP contribution is -2.50. The lowest BCUT2D eigenvalue weighted by atomic mass is 9.81. The number of aromatic nitrogens is 1. The number of thiazole rings is 1. The smallest absolute Gasteiger partial charge is 0.313 e. The second-order valence-corrected chi connectivity index (χ2v) is 25.2. The Morgan fingerprint density at radius 2 is 1.50 bits per heavy atom. The molecule has 4 bridgehead atoms. The zero-order valence-corrected chi connectivity index (χ0v) is 50.6. The third kappa shape index (κ3) is 18.1. The normalized spacial score (nSPS) is 20.5. The molecule has 0 saturated carbocycles. The van der Waals surface area contributed by atoms with E-state index in [9.17, 15) is 47.9 Å². The number of nitrogens with one attached hydrogen (secondary N) is 2. The number of hydrogen-bond acceptors (Lipinski definition) is 19. The van der Waals surface area contributed by atoms with E-state index in [4.69, 9.17) is 18.9 Å². The van der Waals surface area contributed by atoms with Crippen molar-refractivity contribution in [2.75, 3.05) is 71.1 Å². The third-order valence-corrected chi connectivity index (χ3v) is 18.6. The van der Waals surface area contributed by atoms with E-state index >= 15 is 0 Å². The Hall–Kier alpha value is -5.27. The molecule has 2 aromatic rings. The van der Waals surface area contributed by atoms with E-state index in [2.05, 4.69) is 15.6 Å². The number of rotatable bonds is 19. The number of Topliss-reactive ketones (excluding diaryl/α,β-unsaturated/α-hetero) is 1. The Bertz CT molecular complexity index is 2560.